The van der Waals surface area contributed by atoms with E-state index in [-0.39, 0.29) is 41.4 Å². The van der Waals surface area contributed by atoms with Crippen LogP contribution in [-0.2, 0) is 24.7 Å². The van der Waals surface area contributed by atoms with E-state index in [0.717, 1.165) is 0 Å². The normalized spacial score (nSPS) is 18.7. The van der Waals surface area contributed by atoms with Gasteiger partial charge in [-0.1, -0.05) is 19.8 Å². The molecule has 1 atom stereocenters. The third-order valence-electron chi connectivity index (χ3n) is 4.85. The molecule has 1 N–H and O–H groups in total. The molecule has 0 aliphatic carbocycles. The van der Waals surface area contributed by atoms with E-state index in [0.29, 0.717) is 25.2 Å². The number of sulfone groups is 1. The fourth-order valence-corrected chi connectivity index (χ4v) is 6.52. The lowest BCUT2D eigenvalue weighted by Gasteiger charge is -2.25. The summed E-state index contributed by atoms with van der Waals surface area (Å²) in [5.41, 5.74) is 0.452. The first-order valence-electron chi connectivity index (χ1n) is 9.41. The summed E-state index contributed by atoms with van der Waals surface area (Å²) in [4.78, 5) is 14.2. The Morgan fingerprint density at radius 3 is 2.34 bits per heavy atom. The summed E-state index contributed by atoms with van der Waals surface area (Å²) in [5.74, 6) is 2.22. The molecule has 0 radical (unpaired) electrons. The van der Waals surface area contributed by atoms with Crippen molar-refractivity contribution in [2.75, 3.05) is 43.0 Å². The van der Waals surface area contributed by atoms with Gasteiger partial charge in [-0.2, -0.15) is 4.31 Å². The van der Waals surface area contributed by atoms with Gasteiger partial charge in [-0.3, -0.25) is 9.69 Å². The molecule has 0 spiro atoms. The molecule has 1 amide bonds. The van der Waals surface area contributed by atoms with Crippen LogP contribution in [0.15, 0.2) is 29.2 Å². The summed E-state index contributed by atoms with van der Waals surface area (Å²) in [6, 6.07) is 5.68. The van der Waals surface area contributed by atoms with E-state index < -0.39 is 19.9 Å². The largest absolute Gasteiger partial charge is 0.325 e. The standard InChI is InChI=1S/C19H27N3O5S2/c1-4-12-21(17-11-13-28(24,25)15-17)14-19(23)20-16-7-9-18(10-8-16)29(26,27)22(5-2)6-3/h1,7-10,17H,5-6,11-15H2,2-3H3,(H,20,23). The Morgan fingerprint density at radius 2 is 1.86 bits per heavy atom. The summed E-state index contributed by atoms with van der Waals surface area (Å²) < 4.78 is 49.8. The first kappa shape index (κ1) is 23.3. The molecule has 1 aliphatic rings. The number of benzene rings is 1. The molecule has 1 unspecified atom stereocenters. The average Bonchev–Trinajstić information content (AvgIpc) is 3.02. The number of hydrogen-bond donors (Lipinski definition) is 1. The van der Waals surface area contributed by atoms with E-state index in [1.807, 2.05) is 0 Å². The molecule has 1 heterocycles. The number of hydrogen-bond acceptors (Lipinski definition) is 6. The average molecular weight is 442 g/mol. The fourth-order valence-electron chi connectivity index (χ4n) is 3.30. The van der Waals surface area contributed by atoms with Gasteiger partial charge in [0.25, 0.3) is 0 Å². The second-order valence-electron chi connectivity index (χ2n) is 6.83. The highest BCUT2D eigenvalue weighted by Crippen LogP contribution is 2.20. The number of sulfonamides is 1. The van der Waals surface area contributed by atoms with Crippen LogP contribution in [0.1, 0.15) is 20.3 Å². The van der Waals surface area contributed by atoms with E-state index >= 15 is 0 Å². The van der Waals surface area contributed by atoms with Crippen LogP contribution in [0, 0.1) is 12.3 Å². The number of carbonyl (C=O) groups is 1. The highest BCUT2D eigenvalue weighted by Gasteiger charge is 2.32. The van der Waals surface area contributed by atoms with Crippen molar-refractivity contribution in [3.8, 4) is 12.3 Å². The molecule has 1 saturated heterocycles. The first-order valence-corrected chi connectivity index (χ1v) is 12.7. The van der Waals surface area contributed by atoms with E-state index in [1.165, 1.54) is 28.6 Å². The molecule has 2 rings (SSSR count). The van der Waals surface area contributed by atoms with Crippen LogP contribution in [0.5, 0.6) is 0 Å². The van der Waals surface area contributed by atoms with Gasteiger partial charge >= 0.3 is 0 Å². The molecule has 10 heteroatoms. The van der Waals surface area contributed by atoms with E-state index in [2.05, 4.69) is 11.2 Å². The molecule has 1 aliphatic heterocycles. The number of rotatable bonds is 9. The Kier molecular flexibility index (Phi) is 7.82. The quantitative estimate of drug-likeness (QED) is 0.568. The van der Waals surface area contributed by atoms with Gasteiger partial charge in [0.05, 0.1) is 29.5 Å². The van der Waals surface area contributed by atoms with Crippen molar-refractivity contribution in [2.24, 2.45) is 0 Å². The third-order valence-corrected chi connectivity index (χ3v) is 8.66. The van der Waals surface area contributed by atoms with Gasteiger partial charge in [0.1, 0.15) is 0 Å². The lowest BCUT2D eigenvalue weighted by molar-refractivity contribution is -0.117. The monoisotopic (exact) mass is 441 g/mol. The number of nitrogens with one attached hydrogen (secondary N) is 1. The Bertz CT molecular complexity index is 962. The Morgan fingerprint density at radius 1 is 1.24 bits per heavy atom. The SMILES string of the molecule is C#CCN(CC(=O)Nc1ccc(S(=O)(=O)N(CC)CC)cc1)C1CCS(=O)(=O)C1. The predicted molar refractivity (Wildman–Crippen MR) is 113 cm³/mol. The maximum Gasteiger partial charge on any atom is 0.243 e. The van der Waals surface area contributed by atoms with E-state index in [9.17, 15) is 21.6 Å². The first-order chi connectivity index (χ1) is 13.6. The van der Waals surface area contributed by atoms with Gasteiger partial charge < -0.3 is 5.32 Å². The summed E-state index contributed by atoms with van der Waals surface area (Å²) >= 11 is 0. The van der Waals surface area contributed by atoms with Crippen LogP contribution >= 0.6 is 0 Å². The van der Waals surface area contributed by atoms with E-state index in [1.54, 1.807) is 18.7 Å². The topological polar surface area (TPSA) is 104 Å². The molecule has 29 heavy (non-hydrogen) atoms. The van der Waals surface area contributed by atoms with Crippen molar-refractivity contribution in [2.45, 2.75) is 31.2 Å². The van der Waals surface area contributed by atoms with Crippen molar-refractivity contribution in [3.63, 3.8) is 0 Å². The maximum atomic E-state index is 12.5. The van der Waals surface area contributed by atoms with Gasteiger partial charge in [-0.15, -0.1) is 6.42 Å². The molecule has 0 saturated carbocycles. The van der Waals surface area contributed by atoms with Crippen molar-refractivity contribution in [1.82, 2.24) is 9.21 Å². The fraction of sp³-hybridized carbons (Fsp3) is 0.526. The van der Waals surface area contributed by atoms with Crippen LogP contribution in [0.3, 0.4) is 0 Å². The number of terminal acetylenes is 1. The third kappa shape index (κ3) is 6.02. The van der Waals surface area contributed by atoms with Crippen molar-refractivity contribution in [3.05, 3.63) is 24.3 Å². The van der Waals surface area contributed by atoms with Crippen molar-refractivity contribution < 1.29 is 21.6 Å². The number of amides is 1. The number of carbonyl (C=O) groups excluding carboxylic acids is 1. The van der Waals surface area contributed by atoms with Gasteiger partial charge in [0, 0.05) is 24.8 Å². The van der Waals surface area contributed by atoms with Gasteiger partial charge in [0.2, 0.25) is 15.9 Å². The number of anilines is 1. The van der Waals surface area contributed by atoms with Crippen LogP contribution in [0.25, 0.3) is 0 Å². The highest BCUT2D eigenvalue weighted by molar-refractivity contribution is 7.91. The Balaban J connectivity index is 2.04. The van der Waals surface area contributed by atoms with Crippen molar-refractivity contribution in [1.29, 1.82) is 0 Å². The molecule has 8 nitrogen and oxygen atoms in total. The molecule has 0 bridgehead atoms. The lowest BCUT2D eigenvalue weighted by atomic mass is 10.2. The minimum absolute atomic E-state index is 0.000125. The zero-order chi connectivity index (χ0) is 21.7. The second-order valence-corrected chi connectivity index (χ2v) is 11.0. The zero-order valence-electron chi connectivity index (χ0n) is 16.7. The minimum Gasteiger partial charge on any atom is -0.325 e. The second kappa shape index (κ2) is 9.71. The molecular weight excluding hydrogens is 414 g/mol. The Labute approximate surface area is 173 Å². The van der Waals surface area contributed by atoms with Crippen LogP contribution in [0.4, 0.5) is 5.69 Å². The highest BCUT2D eigenvalue weighted by atomic mass is 32.2. The summed E-state index contributed by atoms with van der Waals surface area (Å²) in [6.45, 7) is 4.43. The Hall–Kier alpha value is -1.93. The molecule has 1 aromatic carbocycles. The van der Waals surface area contributed by atoms with Crippen LogP contribution in [0.2, 0.25) is 0 Å². The summed E-state index contributed by atoms with van der Waals surface area (Å²) in [7, 11) is -6.65. The van der Waals surface area contributed by atoms with E-state index in [4.69, 9.17) is 6.42 Å². The molecule has 160 valence electrons. The molecule has 0 aromatic heterocycles. The predicted octanol–water partition coefficient (Wildman–Crippen LogP) is 0.778. The van der Waals surface area contributed by atoms with Gasteiger partial charge in [-0.05, 0) is 30.7 Å². The van der Waals surface area contributed by atoms with Crippen molar-refractivity contribution >= 4 is 31.5 Å². The number of nitrogens with zero attached hydrogens (tertiary/aromatic N) is 2. The summed E-state index contributed by atoms with van der Waals surface area (Å²) in [5, 5.41) is 2.70. The van der Waals surface area contributed by atoms with Gasteiger partial charge in [0.15, 0.2) is 9.84 Å². The lowest BCUT2D eigenvalue weighted by Crippen LogP contribution is -2.41. The minimum atomic E-state index is -3.56. The molecular formula is C19H27N3O5S2. The molecule has 1 fully saturated rings. The smallest absolute Gasteiger partial charge is 0.243 e. The zero-order valence-corrected chi connectivity index (χ0v) is 18.3. The van der Waals surface area contributed by atoms with Crippen LogP contribution < -0.4 is 5.32 Å². The van der Waals surface area contributed by atoms with Gasteiger partial charge in [-0.25, -0.2) is 16.8 Å². The summed E-state index contributed by atoms with van der Waals surface area (Å²) in [6.07, 6.45) is 5.82. The molecule has 1 aromatic rings. The van der Waals surface area contributed by atoms with Crippen LogP contribution in [-0.4, -0.2) is 75.7 Å². The maximum absolute atomic E-state index is 12.5.